The smallest absolute Gasteiger partial charge is 0.246 e. The third-order valence-electron chi connectivity index (χ3n) is 3.95. The Labute approximate surface area is 177 Å². The molecule has 1 aromatic carbocycles. The quantitative estimate of drug-likeness (QED) is 0.256. The normalized spacial score (nSPS) is 11.3. The van der Waals surface area contributed by atoms with Crippen LogP contribution in [-0.4, -0.2) is 33.7 Å². The molecule has 0 aliphatic heterocycles. The number of thioether (sulfide) groups is 1. The molecule has 0 atom stereocenters. The molecule has 7 nitrogen and oxygen atoms in total. The van der Waals surface area contributed by atoms with Gasteiger partial charge in [-0.1, -0.05) is 11.8 Å². The zero-order valence-electron chi connectivity index (χ0n) is 16.4. The van der Waals surface area contributed by atoms with Crippen LogP contribution >= 0.6 is 23.1 Å². The maximum Gasteiger partial charge on any atom is 0.246 e. The molecule has 0 saturated carbocycles. The Kier molecular flexibility index (Phi) is 7.31. The van der Waals surface area contributed by atoms with Gasteiger partial charge >= 0.3 is 0 Å². The number of rotatable bonds is 8. The van der Waals surface area contributed by atoms with E-state index in [1.165, 1.54) is 23.1 Å². The highest BCUT2D eigenvalue weighted by Gasteiger charge is 2.10. The Hall–Kier alpha value is -2.78. The zero-order chi connectivity index (χ0) is 20.6. The lowest BCUT2D eigenvalue weighted by Crippen LogP contribution is -2.21. The van der Waals surface area contributed by atoms with Gasteiger partial charge in [-0.25, -0.2) is 20.4 Å². The summed E-state index contributed by atoms with van der Waals surface area (Å²) in [6, 6.07) is 7.61. The van der Waals surface area contributed by atoms with Gasteiger partial charge in [0.2, 0.25) is 5.91 Å². The first-order chi connectivity index (χ1) is 14.0. The molecule has 0 saturated heterocycles. The Balaban J connectivity index is 1.66. The van der Waals surface area contributed by atoms with Crippen molar-refractivity contribution < 1.29 is 9.53 Å². The molecule has 0 spiro atoms. The molecule has 29 heavy (non-hydrogen) atoms. The van der Waals surface area contributed by atoms with E-state index in [2.05, 4.69) is 25.5 Å². The highest BCUT2D eigenvalue weighted by molar-refractivity contribution is 7.98. The molecule has 0 unspecified atom stereocenters. The summed E-state index contributed by atoms with van der Waals surface area (Å²) in [7, 11) is 1.64. The minimum absolute atomic E-state index is 0.194. The second-order valence-electron chi connectivity index (χ2n) is 6.11. The summed E-state index contributed by atoms with van der Waals surface area (Å²) < 4.78 is 5.47. The number of carbonyl (C=O) groups is 1. The number of thiazole rings is 1. The molecule has 9 heteroatoms. The van der Waals surface area contributed by atoms with Crippen molar-refractivity contribution in [1.82, 2.24) is 20.4 Å². The zero-order valence-corrected chi connectivity index (χ0v) is 18.0. The first kappa shape index (κ1) is 20.9. The minimum Gasteiger partial charge on any atom is -0.496 e. The lowest BCUT2D eigenvalue weighted by molar-refractivity contribution is -0.120. The number of ether oxygens (including phenoxy) is 1. The Morgan fingerprint density at radius 2 is 2.10 bits per heavy atom. The van der Waals surface area contributed by atoms with Gasteiger partial charge in [-0.15, -0.1) is 11.3 Å². The lowest BCUT2D eigenvalue weighted by atomic mass is 10.1. The number of hydrogen-bond acceptors (Lipinski definition) is 8. The summed E-state index contributed by atoms with van der Waals surface area (Å²) in [6.45, 7) is 3.77. The summed E-state index contributed by atoms with van der Waals surface area (Å²) in [4.78, 5) is 24.8. The van der Waals surface area contributed by atoms with E-state index in [4.69, 9.17) is 4.74 Å². The summed E-state index contributed by atoms with van der Waals surface area (Å²) in [5, 5.41) is 7.76. The van der Waals surface area contributed by atoms with Gasteiger partial charge in [-0.2, -0.15) is 5.10 Å². The fourth-order valence-corrected chi connectivity index (χ4v) is 3.92. The predicted octanol–water partition coefficient (Wildman–Crippen LogP) is 3.63. The van der Waals surface area contributed by atoms with Gasteiger partial charge in [-0.05, 0) is 43.7 Å². The first-order valence-electron chi connectivity index (χ1n) is 8.86. The predicted molar refractivity (Wildman–Crippen MR) is 115 cm³/mol. The average molecular weight is 428 g/mol. The fraction of sp³-hybridized carbons (Fsp3) is 0.250. The largest absolute Gasteiger partial charge is 0.496 e. The second-order valence-corrected chi connectivity index (χ2v) is 8.12. The van der Waals surface area contributed by atoms with Gasteiger partial charge in [-0.3, -0.25) is 4.79 Å². The molecular formula is C20H21N5O2S2. The van der Waals surface area contributed by atoms with E-state index >= 15 is 0 Å². The number of methoxy groups -OCH3 is 1. The van der Waals surface area contributed by atoms with Crippen LogP contribution in [0.2, 0.25) is 0 Å². The Morgan fingerprint density at radius 3 is 2.79 bits per heavy atom. The van der Waals surface area contributed by atoms with Gasteiger partial charge in [0, 0.05) is 29.1 Å². The Bertz CT molecular complexity index is 1010. The van der Waals surface area contributed by atoms with Crippen LogP contribution in [-0.2, 0) is 17.0 Å². The minimum atomic E-state index is -0.194. The van der Waals surface area contributed by atoms with Crippen LogP contribution in [0.15, 0.2) is 52.3 Å². The van der Waals surface area contributed by atoms with E-state index in [-0.39, 0.29) is 12.3 Å². The van der Waals surface area contributed by atoms with Crippen molar-refractivity contribution in [2.45, 2.75) is 31.2 Å². The molecule has 3 rings (SSSR count). The molecule has 0 aliphatic rings. The van der Waals surface area contributed by atoms with Crippen LogP contribution in [0.25, 0.3) is 0 Å². The topological polar surface area (TPSA) is 89.4 Å². The highest BCUT2D eigenvalue weighted by atomic mass is 32.2. The van der Waals surface area contributed by atoms with Gasteiger partial charge < -0.3 is 4.74 Å². The van der Waals surface area contributed by atoms with E-state index in [0.29, 0.717) is 16.6 Å². The van der Waals surface area contributed by atoms with Crippen molar-refractivity contribution in [3.8, 4) is 5.75 Å². The van der Waals surface area contributed by atoms with Crippen molar-refractivity contribution in [2.24, 2.45) is 5.10 Å². The number of aromatic nitrogens is 3. The SMILES string of the molecule is COc1ccc(C(C)=NNC(=O)Cc2csc(C)n2)cc1CSc1ncccn1. The highest BCUT2D eigenvalue weighted by Crippen LogP contribution is 2.27. The van der Waals surface area contributed by atoms with Crippen LogP contribution in [0, 0.1) is 6.92 Å². The van der Waals surface area contributed by atoms with Gasteiger partial charge in [0.15, 0.2) is 5.16 Å². The standard InChI is InChI=1S/C20H21N5O2S2/c1-13(24-25-19(26)10-17-12-28-14(2)23-17)15-5-6-18(27-3)16(9-15)11-29-20-21-7-4-8-22-20/h4-9,12H,10-11H2,1-3H3,(H,25,26). The molecule has 2 heterocycles. The van der Waals surface area contributed by atoms with E-state index in [9.17, 15) is 4.79 Å². The summed E-state index contributed by atoms with van der Waals surface area (Å²) in [5.41, 5.74) is 5.97. The van der Waals surface area contributed by atoms with E-state index in [1.54, 1.807) is 25.6 Å². The molecule has 150 valence electrons. The summed E-state index contributed by atoms with van der Waals surface area (Å²) in [6.07, 6.45) is 3.65. The summed E-state index contributed by atoms with van der Waals surface area (Å²) in [5.74, 6) is 1.25. The number of nitrogens with one attached hydrogen (secondary N) is 1. The molecule has 0 fully saturated rings. The first-order valence-corrected chi connectivity index (χ1v) is 10.7. The van der Waals surface area contributed by atoms with Gasteiger partial charge in [0.1, 0.15) is 5.75 Å². The maximum atomic E-state index is 12.1. The molecule has 2 aromatic heterocycles. The molecule has 3 aromatic rings. The molecule has 0 aliphatic carbocycles. The summed E-state index contributed by atoms with van der Waals surface area (Å²) >= 11 is 3.05. The molecule has 0 radical (unpaired) electrons. The third kappa shape index (κ3) is 6.10. The lowest BCUT2D eigenvalue weighted by Gasteiger charge is -2.10. The van der Waals surface area contributed by atoms with Crippen molar-refractivity contribution >= 4 is 34.7 Å². The number of hydrogen-bond donors (Lipinski definition) is 1. The van der Waals surface area contributed by atoms with E-state index < -0.39 is 0 Å². The fourth-order valence-electron chi connectivity index (χ4n) is 2.52. The average Bonchev–Trinajstić information content (AvgIpc) is 3.15. The number of nitrogens with zero attached hydrogens (tertiary/aromatic N) is 4. The number of amides is 1. The molecule has 1 N–H and O–H groups in total. The molecule has 0 bridgehead atoms. The van der Waals surface area contributed by atoms with Crippen molar-refractivity contribution in [1.29, 1.82) is 0 Å². The van der Waals surface area contributed by atoms with Gasteiger partial charge in [0.05, 0.1) is 29.9 Å². The van der Waals surface area contributed by atoms with Crippen molar-refractivity contribution in [2.75, 3.05) is 7.11 Å². The van der Waals surface area contributed by atoms with Crippen molar-refractivity contribution in [3.05, 3.63) is 63.9 Å². The Morgan fingerprint density at radius 1 is 1.31 bits per heavy atom. The van der Waals surface area contributed by atoms with Crippen LogP contribution in [0.4, 0.5) is 0 Å². The number of benzene rings is 1. The van der Waals surface area contributed by atoms with Crippen LogP contribution in [0.3, 0.4) is 0 Å². The van der Waals surface area contributed by atoms with Crippen LogP contribution in [0.5, 0.6) is 5.75 Å². The maximum absolute atomic E-state index is 12.1. The third-order valence-corrected chi connectivity index (χ3v) is 5.70. The number of aryl methyl sites for hydroxylation is 1. The van der Waals surface area contributed by atoms with Crippen LogP contribution in [0.1, 0.15) is 28.8 Å². The molecule has 1 amide bonds. The van der Waals surface area contributed by atoms with Crippen LogP contribution < -0.4 is 10.2 Å². The monoisotopic (exact) mass is 427 g/mol. The van der Waals surface area contributed by atoms with E-state index in [0.717, 1.165) is 27.6 Å². The second kappa shape index (κ2) is 10.1. The van der Waals surface area contributed by atoms with Gasteiger partial charge in [0.25, 0.3) is 0 Å². The number of hydrazone groups is 1. The molecular weight excluding hydrogens is 406 g/mol. The van der Waals surface area contributed by atoms with Crippen molar-refractivity contribution in [3.63, 3.8) is 0 Å². The van der Waals surface area contributed by atoms with E-state index in [1.807, 2.05) is 37.4 Å². The number of carbonyl (C=O) groups excluding carboxylic acids is 1.